The normalized spacial score (nSPS) is 12.8. The Hall–Kier alpha value is -1.88. The average Bonchev–Trinajstić information content (AvgIpc) is 2.88. The first-order valence-corrected chi connectivity index (χ1v) is 6.84. The summed E-state index contributed by atoms with van der Waals surface area (Å²) in [5, 5.41) is 4.03. The molecule has 1 aromatic heterocycles. The van der Waals surface area contributed by atoms with E-state index in [-0.39, 0.29) is 12.0 Å². The quantitative estimate of drug-likeness (QED) is 0.847. The Morgan fingerprint density at radius 1 is 1.35 bits per heavy atom. The molecule has 0 fully saturated rings. The summed E-state index contributed by atoms with van der Waals surface area (Å²) in [6.45, 7) is 8.67. The van der Waals surface area contributed by atoms with Crippen LogP contribution in [-0.2, 0) is 4.74 Å². The lowest BCUT2D eigenvalue weighted by molar-refractivity contribution is 0.0217. The van der Waals surface area contributed by atoms with Crippen LogP contribution in [0.25, 0.3) is 11.5 Å². The minimum atomic E-state index is -0.153. The monoisotopic (exact) mass is 275 g/mol. The van der Waals surface area contributed by atoms with Crippen LogP contribution in [0.3, 0.4) is 0 Å². The number of aryl methyl sites for hydroxylation is 1. The number of benzene rings is 1. The number of hydrogen-bond acceptors (Lipinski definition) is 5. The van der Waals surface area contributed by atoms with Gasteiger partial charge in [0.2, 0.25) is 5.82 Å². The number of nitrogens with zero attached hydrogens (tertiary/aromatic N) is 2. The van der Waals surface area contributed by atoms with E-state index in [9.17, 15) is 0 Å². The van der Waals surface area contributed by atoms with E-state index in [4.69, 9.17) is 15.0 Å². The van der Waals surface area contributed by atoms with Crippen LogP contribution in [0, 0.1) is 12.8 Å². The lowest BCUT2D eigenvalue weighted by Gasteiger charge is -2.16. The molecule has 20 heavy (non-hydrogen) atoms. The smallest absolute Gasteiger partial charge is 0.258 e. The van der Waals surface area contributed by atoms with Gasteiger partial charge in [0.25, 0.3) is 5.89 Å². The number of aromatic nitrogens is 2. The van der Waals surface area contributed by atoms with Gasteiger partial charge in [-0.25, -0.2) is 0 Å². The summed E-state index contributed by atoms with van der Waals surface area (Å²) < 4.78 is 11.0. The third-order valence-electron chi connectivity index (χ3n) is 3.17. The van der Waals surface area contributed by atoms with Gasteiger partial charge in [-0.2, -0.15) is 4.98 Å². The van der Waals surface area contributed by atoms with Crippen molar-refractivity contribution >= 4 is 5.69 Å². The van der Waals surface area contributed by atoms with E-state index in [1.807, 2.05) is 32.0 Å². The Morgan fingerprint density at radius 3 is 2.70 bits per heavy atom. The molecule has 2 N–H and O–H groups in total. The van der Waals surface area contributed by atoms with E-state index >= 15 is 0 Å². The molecule has 2 aromatic rings. The van der Waals surface area contributed by atoms with Gasteiger partial charge in [0.1, 0.15) is 6.10 Å². The molecule has 0 aliphatic carbocycles. The topological polar surface area (TPSA) is 74.2 Å². The number of rotatable bonds is 5. The van der Waals surface area contributed by atoms with Crippen molar-refractivity contribution in [2.75, 3.05) is 12.3 Å². The molecule has 5 heteroatoms. The third kappa shape index (κ3) is 2.99. The Kier molecular flexibility index (Phi) is 4.39. The van der Waals surface area contributed by atoms with Gasteiger partial charge in [0, 0.05) is 17.9 Å². The highest BCUT2D eigenvalue weighted by molar-refractivity contribution is 5.62. The molecule has 1 heterocycles. The summed E-state index contributed by atoms with van der Waals surface area (Å²) >= 11 is 0. The zero-order chi connectivity index (χ0) is 14.7. The van der Waals surface area contributed by atoms with Crippen LogP contribution in [0.4, 0.5) is 5.69 Å². The second-order valence-corrected chi connectivity index (χ2v) is 5.15. The molecule has 108 valence electrons. The van der Waals surface area contributed by atoms with Crippen LogP contribution in [0.2, 0.25) is 0 Å². The van der Waals surface area contributed by atoms with Gasteiger partial charge in [-0.05, 0) is 37.5 Å². The van der Waals surface area contributed by atoms with Gasteiger partial charge in [-0.3, -0.25) is 0 Å². The summed E-state index contributed by atoms with van der Waals surface area (Å²) in [7, 11) is 0. The van der Waals surface area contributed by atoms with Crippen molar-refractivity contribution in [1.29, 1.82) is 0 Å². The lowest BCUT2D eigenvalue weighted by atomic mass is 10.1. The second-order valence-electron chi connectivity index (χ2n) is 5.15. The number of anilines is 1. The molecule has 0 bridgehead atoms. The van der Waals surface area contributed by atoms with Crippen molar-refractivity contribution in [3.8, 4) is 11.5 Å². The van der Waals surface area contributed by atoms with E-state index < -0.39 is 0 Å². The minimum Gasteiger partial charge on any atom is -0.398 e. The summed E-state index contributed by atoms with van der Waals surface area (Å²) in [4.78, 5) is 4.43. The summed E-state index contributed by atoms with van der Waals surface area (Å²) in [6.07, 6.45) is -0.153. The van der Waals surface area contributed by atoms with Crippen LogP contribution in [0.15, 0.2) is 22.7 Å². The van der Waals surface area contributed by atoms with E-state index in [2.05, 4.69) is 24.0 Å². The fraction of sp³-hybridized carbons (Fsp3) is 0.467. The summed E-state index contributed by atoms with van der Waals surface area (Å²) in [5.41, 5.74) is 8.48. The van der Waals surface area contributed by atoms with E-state index in [1.165, 1.54) is 0 Å². The van der Waals surface area contributed by atoms with Crippen LogP contribution in [0.1, 0.15) is 38.3 Å². The van der Waals surface area contributed by atoms with Gasteiger partial charge in [0.15, 0.2) is 0 Å². The molecule has 0 aliphatic rings. The zero-order valence-electron chi connectivity index (χ0n) is 12.4. The summed E-state index contributed by atoms with van der Waals surface area (Å²) in [6, 6.07) is 5.71. The molecular formula is C15H21N3O2. The van der Waals surface area contributed by atoms with Crippen LogP contribution in [0.5, 0.6) is 0 Å². The van der Waals surface area contributed by atoms with Gasteiger partial charge >= 0.3 is 0 Å². The first kappa shape index (κ1) is 14.5. The zero-order valence-corrected chi connectivity index (χ0v) is 12.4. The van der Waals surface area contributed by atoms with Gasteiger partial charge in [0.05, 0.1) is 0 Å². The molecule has 1 aromatic carbocycles. The van der Waals surface area contributed by atoms with E-state index in [0.717, 1.165) is 11.1 Å². The van der Waals surface area contributed by atoms with Gasteiger partial charge in [-0.1, -0.05) is 25.1 Å². The molecule has 0 radical (unpaired) electrons. The molecular weight excluding hydrogens is 254 g/mol. The van der Waals surface area contributed by atoms with Crippen molar-refractivity contribution in [2.24, 2.45) is 5.92 Å². The largest absolute Gasteiger partial charge is 0.398 e. The molecule has 0 amide bonds. The molecule has 0 saturated heterocycles. The molecule has 1 atom stereocenters. The van der Waals surface area contributed by atoms with Crippen LogP contribution >= 0.6 is 0 Å². The maximum Gasteiger partial charge on any atom is 0.258 e. The Balaban J connectivity index is 2.29. The molecule has 2 rings (SSSR count). The second kappa shape index (κ2) is 6.05. The molecule has 1 unspecified atom stereocenters. The van der Waals surface area contributed by atoms with Crippen molar-refractivity contribution in [2.45, 2.75) is 33.8 Å². The Bertz CT molecular complexity index is 578. The van der Waals surface area contributed by atoms with E-state index in [1.54, 1.807) is 0 Å². The number of nitrogens with two attached hydrogens (primary N) is 1. The standard InChI is InChI=1S/C15H21N3O2/c1-5-19-13(9(2)3)14-17-15(20-18-14)11-7-6-10(4)12(16)8-11/h6-9,13H,5,16H2,1-4H3. The molecule has 0 aliphatic heterocycles. The average molecular weight is 275 g/mol. The number of hydrogen-bond donors (Lipinski definition) is 1. The Morgan fingerprint density at radius 2 is 2.10 bits per heavy atom. The lowest BCUT2D eigenvalue weighted by Crippen LogP contribution is -2.12. The highest BCUT2D eigenvalue weighted by atomic mass is 16.5. The highest BCUT2D eigenvalue weighted by Gasteiger charge is 2.22. The number of ether oxygens (including phenoxy) is 1. The van der Waals surface area contributed by atoms with Crippen LogP contribution < -0.4 is 5.73 Å². The van der Waals surface area contributed by atoms with Crippen molar-refractivity contribution in [1.82, 2.24) is 10.1 Å². The summed E-state index contributed by atoms with van der Waals surface area (Å²) in [5.74, 6) is 1.33. The van der Waals surface area contributed by atoms with Gasteiger partial charge < -0.3 is 15.0 Å². The van der Waals surface area contributed by atoms with Crippen molar-refractivity contribution in [3.05, 3.63) is 29.6 Å². The first-order valence-electron chi connectivity index (χ1n) is 6.84. The molecule has 5 nitrogen and oxygen atoms in total. The predicted molar refractivity (Wildman–Crippen MR) is 78.1 cm³/mol. The van der Waals surface area contributed by atoms with Crippen LogP contribution in [-0.4, -0.2) is 16.7 Å². The SMILES string of the molecule is CCOC(c1noc(-c2ccc(C)c(N)c2)n1)C(C)C. The molecule has 0 spiro atoms. The maximum absolute atomic E-state index is 5.91. The molecule has 0 saturated carbocycles. The minimum absolute atomic E-state index is 0.153. The van der Waals surface area contributed by atoms with E-state index in [0.29, 0.717) is 24.0 Å². The fourth-order valence-electron chi connectivity index (χ4n) is 1.99. The van der Waals surface area contributed by atoms with Crippen molar-refractivity contribution < 1.29 is 9.26 Å². The Labute approximate surface area is 119 Å². The fourth-order valence-corrected chi connectivity index (χ4v) is 1.99. The first-order chi connectivity index (χ1) is 9.52. The third-order valence-corrected chi connectivity index (χ3v) is 3.17. The predicted octanol–water partition coefficient (Wildman–Crippen LogP) is 3.36. The highest BCUT2D eigenvalue weighted by Crippen LogP contribution is 2.27. The van der Waals surface area contributed by atoms with Crippen molar-refractivity contribution in [3.63, 3.8) is 0 Å². The number of nitrogen functional groups attached to an aromatic ring is 1. The maximum atomic E-state index is 5.91. The van der Waals surface area contributed by atoms with Gasteiger partial charge in [-0.15, -0.1) is 0 Å².